The second-order valence-electron chi connectivity index (χ2n) is 6.88. The monoisotopic (exact) mass is 416 g/mol. The fourth-order valence-corrected chi connectivity index (χ4v) is 3.38. The van der Waals surface area contributed by atoms with Gasteiger partial charge in [0.1, 0.15) is 11.2 Å². The molecule has 0 unspecified atom stereocenters. The van der Waals surface area contributed by atoms with Crippen molar-refractivity contribution in [2.75, 3.05) is 18.2 Å². The van der Waals surface area contributed by atoms with Gasteiger partial charge in [0, 0.05) is 17.8 Å². The van der Waals surface area contributed by atoms with Crippen molar-refractivity contribution in [3.05, 3.63) is 46.0 Å². The molecule has 0 spiro atoms. The van der Waals surface area contributed by atoms with Crippen molar-refractivity contribution < 1.29 is 4.74 Å². The van der Waals surface area contributed by atoms with Gasteiger partial charge in [-0.15, -0.1) is 11.6 Å². The van der Waals surface area contributed by atoms with Crippen molar-refractivity contribution in [1.82, 2.24) is 19.5 Å². The summed E-state index contributed by atoms with van der Waals surface area (Å²) in [7, 11) is 1.54. The lowest BCUT2D eigenvalue weighted by molar-refractivity contribution is 0.390. The third-order valence-corrected chi connectivity index (χ3v) is 4.89. The Bertz CT molecular complexity index is 1070. The molecule has 0 saturated carbocycles. The third kappa shape index (κ3) is 4.59. The van der Waals surface area contributed by atoms with Crippen LogP contribution in [0.15, 0.2) is 29.2 Å². The van der Waals surface area contributed by atoms with Crippen LogP contribution in [0.25, 0.3) is 10.9 Å². The summed E-state index contributed by atoms with van der Waals surface area (Å²) in [5.41, 5.74) is 7.62. The second-order valence-corrected chi connectivity index (χ2v) is 7.15. The van der Waals surface area contributed by atoms with Gasteiger partial charge in [-0.3, -0.25) is 4.79 Å². The number of nitrogen functional groups attached to an aromatic ring is 1. The van der Waals surface area contributed by atoms with Gasteiger partial charge in [-0.1, -0.05) is 13.3 Å². The van der Waals surface area contributed by atoms with Crippen LogP contribution in [0.5, 0.6) is 5.88 Å². The first-order valence-corrected chi connectivity index (χ1v) is 10.0. The van der Waals surface area contributed by atoms with Crippen LogP contribution in [0.3, 0.4) is 0 Å². The average molecular weight is 417 g/mol. The zero-order chi connectivity index (χ0) is 21.0. The molecule has 3 rings (SSSR count). The van der Waals surface area contributed by atoms with Gasteiger partial charge in [0.25, 0.3) is 5.56 Å². The Hall–Kier alpha value is -2.87. The van der Waals surface area contributed by atoms with E-state index in [1.807, 2.05) is 19.1 Å². The highest BCUT2D eigenvalue weighted by molar-refractivity contribution is 6.16. The summed E-state index contributed by atoms with van der Waals surface area (Å²) >= 11 is 5.85. The number of anilines is 2. The summed E-state index contributed by atoms with van der Waals surface area (Å²) in [5, 5.41) is 3.71. The molecule has 0 aliphatic carbocycles. The molecule has 0 amide bonds. The number of nitrogens with two attached hydrogens (primary N) is 1. The molecule has 3 N–H and O–H groups in total. The number of hydrogen-bond acceptors (Lipinski definition) is 7. The molecule has 3 aromatic heterocycles. The molecule has 0 saturated heterocycles. The fourth-order valence-electron chi connectivity index (χ4n) is 3.23. The fraction of sp³-hybridized carbons (Fsp3) is 0.400. The molecule has 154 valence electrons. The average Bonchev–Trinajstić information content (AvgIpc) is 2.70. The first-order chi connectivity index (χ1) is 14.0. The predicted octanol–water partition coefficient (Wildman–Crippen LogP) is 3.16. The molecule has 0 aliphatic rings. The number of hydrogen-bond donors (Lipinski definition) is 2. The van der Waals surface area contributed by atoms with Gasteiger partial charge in [0.2, 0.25) is 11.8 Å². The summed E-state index contributed by atoms with van der Waals surface area (Å²) in [6.45, 7) is 4.44. The molecule has 0 fully saturated rings. The molecule has 3 aromatic rings. The number of fused-ring (bicyclic) bond motifs is 1. The van der Waals surface area contributed by atoms with E-state index in [1.54, 1.807) is 23.9 Å². The molecular formula is C20H25ClN6O2. The van der Waals surface area contributed by atoms with E-state index in [0.717, 1.165) is 18.4 Å². The number of ether oxygens (including phenoxy) is 1. The molecule has 29 heavy (non-hydrogen) atoms. The Morgan fingerprint density at radius 2 is 2.07 bits per heavy atom. The van der Waals surface area contributed by atoms with Gasteiger partial charge in [-0.25, -0.2) is 9.97 Å². The van der Waals surface area contributed by atoms with E-state index < -0.39 is 0 Å². The lowest BCUT2D eigenvalue weighted by atomic mass is 10.2. The first-order valence-electron chi connectivity index (χ1n) is 9.48. The van der Waals surface area contributed by atoms with Crippen LogP contribution >= 0.6 is 11.6 Å². The van der Waals surface area contributed by atoms with Crippen LogP contribution in [0, 0.1) is 0 Å². The molecule has 8 nitrogen and oxygen atoms in total. The van der Waals surface area contributed by atoms with Crippen molar-refractivity contribution in [2.45, 2.75) is 45.2 Å². The number of nitrogens with zero attached hydrogens (tertiary/aromatic N) is 4. The molecule has 0 bridgehead atoms. The number of rotatable bonds is 8. The summed E-state index contributed by atoms with van der Waals surface area (Å²) in [5.74, 6) is 1.31. The highest BCUT2D eigenvalue weighted by Gasteiger charge is 2.15. The quantitative estimate of drug-likeness (QED) is 0.543. The largest absolute Gasteiger partial charge is 0.481 e. The van der Waals surface area contributed by atoms with Crippen LogP contribution in [0.4, 0.5) is 11.8 Å². The molecular weight excluding hydrogens is 392 g/mol. The maximum absolute atomic E-state index is 13.2. The standard InChI is InChI=1S/C20H25ClN6O2/c1-4-5-12(2)23-17-16-15(25-20(22)26-17)8-9-27(19(16)28)11-13-6-7-14(10-21)24-18(13)29-3/h6-9,12H,4-5,10-11H2,1-3H3,(H3,22,23,25,26)/t12-/m1/s1. The van der Waals surface area contributed by atoms with Crippen LogP contribution in [-0.2, 0) is 12.4 Å². The van der Waals surface area contributed by atoms with E-state index in [2.05, 4.69) is 27.2 Å². The molecule has 9 heteroatoms. The Kier molecular flexibility index (Phi) is 6.53. The molecule has 0 radical (unpaired) electrons. The Balaban J connectivity index is 2.06. The second kappa shape index (κ2) is 9.09. The topological polar surface area (TPSA) is 108 Å². The van der Waals surface area contributed by atoms with Crippen LogP contribution in [-0.4, -0.2) is 32.7 Å². The predicted molar refractivity (Wildman–Crippen MR) is 116 cm³/mol. The van der Waals surface area contributed by atoms with Crippen molar-refractivity contribution in [2.24, 2.45) is 0 Å². The lowest BCUT2D eigenvalue weighted by Crippen LogP contribution is -2.24. The van der Waals surface area contributed by atoms with Gasteiger partial charge in [0.15, 0.2) is 0 Å². The maximum atomic E-state index is 13.2. The minimum atomic E-state index is -0.211. The zero-order valence-corrected chi connectivity index (χ0v) is 17.5. The van der Waals surface area contributed by atoms with E-state index in [4.69, 9.17) is 22.1 Å². The van der Waals surface area contributed by atoms with Crippen molar-refractivity contribution in [3.63, 3.8) is 0 Å². The number of nitrogens with one attached hydrogen (secondary N) is 1. The number of methoxy groups -OCH3 is 1. The Morgan fingerprint density at radius 3 is 2.76 bits per heavy atom. The van der Waals surface area contributed by atoms with Gasteiger partial charge in [0.05, 0.1) is 30.7 Å². The van der Waals surface area contributed by atoms with Gasteiger partial charge in [-0.2, -0.15) is 4.98 Å². The van der Waals surface area contributed by atoms with E-state index in [9.17, 15) is 4.79 Å². The van der Waals surface area contributed by atoms with E-state index in [-0.39, 0.29) is 23.4 Å². The number of pyridine rings is 2. The summed E-state index contributed by atoms with van der Waals surface area (Å²) in [4.78, 5) is 26.1. The van der Waals surface area contributed by atoms with Crippen molar-refractivity contribution in [3.8, 4) is 5.88 Å². The molecule has 0 aromatic carbocycles. The Labute approximate surface area is 174 Å². The van der Waals surface area contributed by atoms with Gasteiger partial charge >= 0.3 is 0 Å². The summed E-state index contributed by atoms with van der Waals surface area (Å²) in [6.07, 6.45) is 3.65. The normalized spacial score (nSPS) is 12.1. The number of alkyl halides is 1. The lowest BCUT2D eigenvalue weighted by Gasteiger charge is -2.16. The van der Waals surface area contributed by atoms with E-state index >= 15 is 0 Å². The van der Waals surface area contributed by atoms with Gasteiger partial charge < -0.3 is 20.4 Å². The minimum absolute atomic E-state index is 0.128. The van der Waals surface area contributed by atoms with Crippen molar-refractivity contribution in [1.29, 1.82) is 0 Å². The molecule has 1 atom stereocenters. The summed E-state index contributed by atoms with van der Waals surface area (Å²) in [6, 6.07) is 5.60. The maximum Gasteiger partial charge on any atom is 0.264 e. The third-order valence-electron chi connectivity index (χ3n) is 4.61. The van der Waals surface area contributed by atoms with Crippen LogP contribution in [0.1, 0.15) is 37.9 Å². The van der Waals surface area contributed by atoms with E-state index in [1.165, 1.54) is 0 Å². The summed E-state index contributed by atoms with van der Waals surface area (Å²) < 4.78 is 6.95. The highest BCUT2D eigenvalue weighted by atomic mass is 35.5. The zero-order valence-electron chi connectivity index (χ0n) is 16.8. The minimum Gasteiger partial charge on any atom is -0.481 e. The number of aromatic nitrogens is 4. The Morgan fingerprint density at radius 1 is 1.28 bits per heavy atom. The smallest absolute Gasteiger partial charge is 0.264 e. The number of halogens is 1. The highest BCUT2D eigenvalue weighted by Crippen LogP contribution is 2.21. The van der Waals surface area contributed by atoms with Gasteiger partial charge in [-0.05, 0) is 31.5 Å². The van der Waals surface area contributed by atoms with E-state index in [0.29, 0.717) is 34.8 Å². The molecule has 0 aliphatic heterocycles. The first kappa shape index (κ1) is 20.9. The molecule has 3 heterocycles. The van der Waals surface area contributed by atoms with Crippen LogP contribution in [0.2, 0.25) is 0 Å². The van der Waals surface area contributed by atoms with Crippen molar-refractivity contribution >= 4 is 34.3 Å². The van der Waals surface area contributed by atoms with Crippen LogP contribution < -0.4 is 21.3 Å². The SMILES string of the molecule is CCC[C@@H](C)Nc1nc(N)nc2ccn(Cc3ccc(CCl)nc3OC)c(=O)c12.